The van der Waals surface area contributed by atoms with Crippen molar-refractivity contribution in [3.8, 4) is 0 Å². The van der Waals surface area contributed by atoms with Gasteiger partial charge in [-0.1, -0.05) is 64.1 Å². The molecule has 6 heteroatoms. The first-order valence-electron chi connectivity index (χ1n) is 7.92. The first-order chi connectivity index (χ1) is 9.66. The van der Waals surface area contributed by atoms with Gasteiger partial charge >= 0.3 is 0 Å². The molecule has 0 bridgehead atoms. The molecule has 0 fully saturated rings. The summed E-state index contributed by atoms with van der Waals surface area (Å²) in [4.78, 5) is 0.676. The maximum atomic E-state index is 10.9. The van der Waals surface area contributed by atoms with Crippen molar-refractivity contribution in [2.24, 2.45) is 0 Å². The van der Waals surface area contributed by atoms with Crippen LogP contribution in [-0.2, 0) is 10.1 Å². The van der Waals surface area contributed by atoms with Crippen LogP contribution in [-0.4, -0.2) is 29.3 Å². The summed E-state index contributed by atoms with van der Waals surface area (Å²) in [5, 5.41) is 3.02. The molecule has 0 aliphatic carbocycles. The third kappa shape index (κ3) is 14.5. The summed E-state index contributed by atoms with van der Waals surface area (Å²) in [6.07, 6.45) is 10.7. The van der Waals surface area contributed by atoms with Crippen molar-refractivity contribution in [3.05, 3.63) is 0 Å². The molecule has 0 spiro atoms. The second-order valence-electron chi connectivity index (χ2n) is 6.38. The Balaban J connectivity index is 3.71. The van der Waals surface area contributed by atoms with Crippen molar-refractivity contribution in [1.82, 2.24) is 5.32 Å². The SMILES string of the molecule is CCCCCCCCCCC(=S)NC(C)(C)CS(=O)(=O)O. The van der Waals surface area contributed by atoms with Gasteiger partial charge in [0.2, 0.25) is 0 Å². The monoisotopic (exact) mass is 337 g/mol. The largest absolute Gasteiger partial charge is 0.374 e. The smallest absolute Gasteiger partial charge is 0.267 e. The molecular formula is C15H31NO3S2. The second kappa shape index (κ2) is 10.5. The van der Waals surface area contributed by atoms with Crippen LogP contribution >= 0.6 is 12.2 Å². The standard InChI is InChI=1S/C15H31NO3S2/c1-4-5-6-7-8-9-10-11-12-14(20)16-15(2,3)13-21(17,18)19/h4-13H2,1-3H3,(H,16,20)(H,17,18,19). The summed E-state index contributed by atoms with van der Waals surface area (Å²) in [7, 11) is -3.99. The molecule has 0 aliphatic heterocycles. The van der Waals surface area contributed by atoms with E-state index >= 15 is 0 Å². The number of nitrogens with one attached hydrogen (secondary N) is 1. The molecule has 0 rings (SSSR count). The molecule has 21 heavy (non-hydrogen) atoms. The molecule has 0 unspecified atom stereocenters. The van der Waals surface area contributed by atoms with E-state index in [1.807, 2.05) is 0 Å². The van der Waals surface area contributed by atoms with Gasteiger partial charge < -0.3 is 5.32 Å². The molecule has 2 N–H and O–H groups in total. The fraction of sp³-hybridized carbons (Fsp3) is 0.933. The summed E-state index contributed by atoms with van der Waals surface area (Å²) in [6, 6.07) is 0. The van der Waals surface area contributed by atoms with Gasteiger partial charge in [-0.15, -0.1) is 0 Å². The van der Waals surface area contributed by atoms with E-state index in [-0.39, 0.29) is 5.75 Å². The van der Waals surface area contributed by atoms with E-state index in [2.05, 4.69) is 12.2 Å². The van der Waals surface area contributed by atoms with Gasteiger partial charge in [-0.05, 0) is 26.7 Å². The molecule has 0 saturated heterocycles. The van der Waals surface area contributed by atoms with E-state index in [1.165, 1.54) is 38.5 Å². The van der Waals surface area contributed by atoms with Crippen molar-refractivity contribution in [1.29, 1.82) is 0 Å². The van der Waals surface area contributed by atoms with Gasteiger partial charge in [-0.3, -0.25) is 4.55 Å². The lowest BCUT2D eigenvalue weighted by Crippen LogP contribution is -2.47. The Labute approximate surface area is 135 Å². The van der Waals surface area contributed by atoms with E-state index in [4.69, 9.17) is 16.8 Å². The molecule has 0 amide bonds. The number of thiocarbonyl (C=S) groups is 1. The van der Waals surface area contributed by atoms with Gasteiger partial charge in [-0.2, -0.15) is 8.42 Å². The van der Waals surface area contributed by atoms with Gasteiger partial charge in [-0.25, -0.2) is 0 Å². The minimum Gasteiger partial charge on any atom is -0.374 e. The lowest BCUT2D eigenvalue weighted by molar-refractivity contribution is 0.444. The number of hydrogen-bond acceptors (Lipinski definition) is 3. The normalized spacial score (nSPS) is 12.4. The fourth-order valence-electron chi connectivity index (χ4n) is 2.35. The van der Waals surface area contributed by atoms with Gasteiger partial charge in [0, 0.05) is 5.54 Å². The minimum absolute atomic E-state index is 0.336. The zero-order chi connectivity index (χ0) is 16.4. The van der Waals surface area contributed by atoms with Gasteiger partial charge in [0.15, 0.2) is 0 Å². The highest BCUT2D eigenvalue weighted by molar-refractivity contribution is 7.85. The maximum absolute atomic E-state index is 10.9. The van der Waals surface area contributed by atoms with Gasteiger partial charge in [0.1, 0.15) is 0 Å². The highest BCUT2D eigenvalue weighted by atomic mass is 32.2. The predicted octanol–water partition coefficient (Wildman–Crippen LogP) is 4.10. The molecule has 0 heterocycles. The van der Waals surface area contributed by atoms with Crippen LogP contribution in [0.2, 0.25) is 0 Å². The summed E-state index contributed by atoms with van der Waals surface area (Å²) in [5.41, 5.74) is -0.731. The maximum Gasteiger partial charge on any atom is 0.267 e. The molecule has 0 aromatic heterocycles. The third-order valence-corrected chi connectivity index (χ3v) is 4.67. The first-order valence-corrected chi connectivity index (χ1v) is 9.94. The Morgan fingerprint density at radius 1 is 1.05 bits per heavy atom. The molecule has 0 radical (unpaired) electrons. The van der Waals surface area contributed by atoms with Crippen LogP contribution in [0.5, 0.6) is 0 Å². The Hall–Kier alpha value is -0.200. The highest BCUT2D eigenvalue weighted by Gasteiger charge is 2.25. The molecular weight excluding hydrogens is 306 g/mol. The van der Waals surface area contributed by atoms with E-state index in [0.29, 0.717) is 4.99 Å². The first kappa shape index (κ1) is 20.8. The summed E-state index contributed by atoms with van der Waals surface area (Å²) in [6.45, 7) is 5.67. The number of unbranched alkanes of at least 4 members (excludes halogenated alkanes) is 7. The van der Waals surface area contributed by atoms with Gasteiger partial charge in [0.25, 0.3) is 10.1 Å². The third-order valence-electron chi connectivity index (χ3n) is 3.28. The van der Waals surface area contributed by atoms with Crippen LogP contribution in [0, 0.1) is 0 Å². The van der Waals surface area contributed by atoms with Crippen molar-refractivity contribution in [2.75, 3.05) is 5.75 Å². The zero-order valence-electron chi connectivity index (χ0n) is 13.7. The molecule has 0 aromatic carbocycles. The van der Waals surface area contributed by atoms with Crippen molar-refractivity contribution >= 4 is 27.3 Å². The van der Waals surface area contributed by atoms with Crippen molar-refractivity contribution in [2.45, 2.75) is 84.1 Å². The quantitative estimate of drug-likeness (QED) is 0.319. The molecule has 0 atom stereocenters. The Bertz CT molecular complexity index is 392. The van der Waals surface area contributed by atoms with Crippen molar-refractivity contribution in [3.63, 3.8) is 0 Å². The lowest BCUT2D eigenvalue weighted by Gasteiger charge is -2.26. The van der Waals surface area contributed by atoms with Crippen LogP contribution < -0.4 is 5.32 Å². The van der Waals surface area contributed by atoms with Crippen LogP contribution in [0.4, 0.5) is 0 Å². The fourth-order valence-corrected chi connectivity index (χ4v) is 3.76. The predicted molar refractivity (Wildman–Crippen MR) is 93.5 cm³/mol. The Morgan fingerprint density at radius 3 is 2.00 bits per heavy atom. The average Bonchev–Trinajstić information content (AvgIpc) is 2.28. The molecule has 0 aromatic rings. The highest BCUT2D eigenvalue weighted by Crippen LogP contribution is 2.11. The molecule has 0 saturated carbocycles. The summed E-state index contributed by atoms with van der Waals surface area (Å²) < 4.78 is 30.7. The van der Waals surface area contributed by atoms with Crippen LogP contribution in [0.3, 0.4) is 0 Å². The topological polar surface area (TPSA) is 66.4 Å². The van der Waals surface area contributed by atoms with E-state index in [9.17, 15) is 8.42 Å². The van der Waals surface area contributed by atoms with Crippen molar-refractivity contribution < 1.29 is 13.0 Å². The van der Waals surface area contributed by atoms with Crippen LogP contribution in [0.1, 0.15) is 78.6 Å². The van der Waals surface area contributed by atoms with E-state index in [0.717, 1.165) is 19.3 Å². The minimum atomic E-state index is -3.99. The van der Waals surface area contributed by atoms with Crippen LogP contribution in [0.15, 0.2) is 0 Å². The van der Waals surface area contributed by atoms with Gasteiger partial charge in [0.05, 0.1) is 10.7 Å². The van der Waals surface area contributed by atoms with Crippen LogP contribution in [0.25, 0.3) is 0 Å². The second-order valence-corrected chi connectivity index (χ2v) is 8.33. The van der Waals surface area contributed by atoms with E-state index < -0.39 is 15.7 Å². The average molecular weight is 338 g/mol. The lowest BCUT2D eigenvalue weighted by atomic mass is 10.1. The molecule has 126 valence electrons. The molecule has 0 aliphatic rings. The summed E-state index contributed by atoms with van der Waals surface area (Å²) >= 11 is 5.24. The number of rotatable bonds is 12. The van der Waals surface area contributed by atoms with E-state index in [1.54, 1.807) is 13.8 Å². The Kier molecular flexibility index (Phi) is 10.4. The summed E-state index contributed by atoms with van der Waals surface area (Å²) in [5.74, 6) is -0.336. The number of hydrogen-bond donors (Lipinski definition) is 2. The zero-order valence-corrected chi connectivity index (χ0v) is 15.3. The Morgan fingerprint density at radius 2 is 1.52 bits per heavy atom. The molecule has 4 nitrogen and oxygen atoms in total.